The van der Waals surface area contributed by atoms with Crippen LogP contribution in [0.25, 0.3) is 10.4 Å². The Bertz CT molecular complexity index is 1330. The number of aliphatic hydroxyl groups is 1. The normalized spacial score (nSPS) is 20.3. The molecule has 41 heavy (non-hydrogen) atoms. The number of thiazole rings is 1. The first-order chi connectivity index (χ1) is 19.2. The van der Waals surface area contributed by atoms with Crippen LogP contribution in [-0.2, 0) is 25.7 Å². The number of carbonyl (C=O) groups is 4. The fourth-order valence-electron chi connectivity index (χ4n) is 4.75. The highest BCUT2D eigenvalue weighted by Crippen LogP contribution is 2.40. The number of ether oxygens (including phenoxy) is 1. The number of hydrogen-bond donors (Lipinski definition) is 3. The number of aromatic nitrogens is 1. The molecule has 1 aromatic carbocycles. The number of β-amino-alcohol motifs (C(OH)–C–C–N with tert-alkyl or cyclic N) is 1. The van der Waals surface area contributed by atoms with E-state index < -0.39 is 47.0 Å². The second-order valence-electron chi connectivity index (χ2n) is 11.9. The summed E-state index contributed by atoms with van der Waals surface area (Å²) in [4.78, 5) is 57.6. The average molecular weight is 589 g/mol. The number of benzene rings is 1. The molecule has 1 aliphatic carbocycles. The summed E-state index contributed by atoms with van der Waals surface area (Å²) < 4.78 is 20.2. The van der Waals surface area contributed by atoms with E-state index in [1.807, 2.05) is 13.0 Å². The van der Waals surface area contributed by atoms with Crippen LogP contribution in [0.2, 0.25) is 0 Å². The van der Waals surface area contributed by atoms with Gasteiger partial charge in [0.2, 0.25) is 11.8 Å². The van der Waals surface area contributed by atoms with Crippen LogP contribution < -0.4 is 15.4 Å². The number of aliphatic hydroxyl groups excluding tert-OH is 1. The number of rotatable bonds is 10. The van der Waals surface area contributed by atoms with Crippen LogP contribution in [0.15, 0.2) is 23.7 Å². The Balaban J connectivity index is 1.50. The lowest BCUT2D eigenvalue weighted by Gasteiger charge is -2.35. The number of nitrogens with one attached hydrogen (secondary N) is 2. The number of amides is 3. The van der Waals surface area contributed by atoms with Gasteiger partial charge in [0.25, 0.3) is 5.91 Å². The maximum atomic E-state index is 14.4. The number of hydrogen-bond acceptors (Lipinski definition) is 8. The molecule has 1 saturated carbocycles. The van der Waals surface area contributed by atoms with Crippen LogP contribution in [0, 0.1) is 12.3 Å². The Labute approximate surface area is 242 Å². The van der Waals surface area contributed by atoms with Crippen molar-refractivity contribution in [1.29, 1.82) is 0 Å². The monoisotopic (exact) mass is 588 g/mol. The Hall–Kier alpha value is -3.38. The van der Waals surface area contributed by atoms with Gasteiger partial charge in [0.15, 0.2) is 11.5 Å². The minimum Gasteiger partial charge on any atom is -0.485 e. The van der Waals surface area contributed by atoms with E-state index in [4.69, 9.17) is 4.74 Å². The highest BCUT2D eigenvalue weighted by Gasteiger charge is 2.53. The topological polar surface area (TPSA) is 138 Å². The molecular weight excluding hydrogens is 551 g/mol. The molecule has 222 valence electrons. The van der Waals surface area contributed by atoms with Crippen molar-refractivity contribution in [1.82, 2.24) is 20.5 Å². The third-order valence-electron chi connectivity index (χ3n) is 7.31. The predicted octanol–water partition coefficient (Wildman–Crippen LogP) is 2.70. The van der Waals surface area contributed by atoms with Gasteiger partial charge in [-0.3, -0.25) is 19.2 Å². The number of aryl methyl sites for hydroxylation is 1. The molecule has 0 spiro atoms. The van der Waals surface area contributed by atoms with Gasteiger partial charge in [-0.15, -0.1) is 11.3 Å². The number of carbonyl (C=O) groups excluding carboxylic acids is 4. The smallest absolute Gasteiger partial charge is 0.258 e. The van der Waals surface area contributed by atoms with Crippen molar-refractivity contribution in [3.63, 3.8) is 0 Å². The van der Waals surface area contributed by atoms with Crippen LogP contribution in [0.4, 0.5) is 4.39 Å². The summed E-state index contributed by atoms with van der Waals surface area (Å²) in [5.41, 5.74) is 1.37. The van der Waals surface area contributed by atoms with E-state index in [0.29, 0.717) is 11.3 Å². The number of Topliss-reactive ketones (excluding diaryl/α,β-unsaturated/α-hetero) is 1. The van der Waals surface area contributed by atoms with Crippen molar-refractivity contribution in [2.24, 2.45) is 5.41 Å². The van der Waals surface area contributed by atoms with Gasteiger partial charge in [-0.05, 0) is 43.7 Å². The predicted molar refractivity (Wildman–Crippen MR) is 151 cm³/mol. The van der Waals surface area contributed by atoms with Crippen molar-refractivity contribution in [3.05, 3.63) is 35.0 Å². The van der Waals surface area contributed by atoms with E-state index in [-0.39, 0.29) is 44.7 Å². The fraction of sp³-hybridized carbons (Fsp3) is 0.552. The average Bonchev–Trinajstić information content (AvgIpc) is 3.31. The van der Waals surface area contributed by atoms with Gasteiger partial charge in [0, 0.05) is 25.1 Å². The first-order valence-corrected chi connectivity index (χ1v) is 14.5. The molecule has 0 unspecified atom stereocenters. The molecular formula is C29H37FN4O6S. The van der Waals surface area contributed by atoms with Gasteiger partial charge in [-0.25, -0.2) is 9.37 Å². The number of nitrogens with zero attached hydrogens (tertiary/aromatic N) is 2. The molecule has 12 heteroatoms. The first kappa shape index (κ1) is 30.6. The van der Waals surface area contributed by atoms with Crippen LogP contribution in [0.5, 0.6) is 5.75 Å². The Morgan fingerprint density at radius 2 is 1.98 bits per heavy atom. The second-order valence-corrected chi connectivity index (χ2v) is 12.8. The molecule has 1 aromatic heterocycles. The molecule has 1 saturated heterocycles. The first-order valence-electron chi connectivity index (χ1n) is 13.6. The van der Waals surface area contributed by atoms with Crippen LogP contribution in [0.3, 0.4) is 0 Å². The molecule has 3 amide bonds. The molecule has 2 aliphatic rings. The molecule has 3 atom stereocenters. The second kappa shape index (κ2) is 11.8. The molecule has 2 fully saturated rings. The van der Waals surface area contributed by atoms with Crippen molar-refractivity contribution >= 4 is 34.8 Å². The zero-order chi connectivity index (χ0) is 30.1. The molecule has 0 radical (unpaired) electrons. The van der Waals surface area contributed by atoms with E-state index in [9.17, 15) is 28.7 Å². The Morgan fingerprint density at radius 1 is 1.27 bits per heavy atom. The van der Waals surface area contributed by atoms with Gasteiger partial charge in [-0.2, -0.15) is 0 Å². The summed E-state index contributed by atoms with van der Waals surface area (Å²) in [7, 11) is 0. The summed E-state index contributed by atoms with van der Waals surface area (Å²) in [5, 5.41) is 15.8. The summed E-state index contributed by atoms with van der Waals surface area (Å²) in [6.45, 7) is 8.38. The van der Waals surface area contributed by atoms with E-state index in [2.05, 4.69) is 15.6 Å². The molecule has 1 aliphatic heterocycles. The highest BCUT2D eigenvalue weighted by atomic mass is 32.1. The van der Waals surface area contributed by atoms with E-state index in [0.717, 1.165) is 16.1 Å². The molecule has 3 N–H and O–H groups in total. The quantitative estimate of drug-likeness (QED) is 0.388. The summed E-state index contributed by atoms with van der Waals surface area (Å²) in [5.74, 6) is -1.60. The van der Waals surface area contributed by atoms with Crippen molar-refractivity contribution in [3.8, 4) is 16.2 Å². The number of ketones is 1. The number of alkyl halides is 1. The number of likely N-dealkylation sites (tertiary alicyclic amines) is 1. The summed E-state index contributed by atoms with van der Waals surface area (Å²) in [6.07, 6.45) is -0.689. The van der Waals surface area contributed by atoms with Crippen LogP contribution >= 0.6 is 11.3 Å². The lowest BCUT2D eigenvalue weighted by Crippen LogP contribution is -2.59. The largest absolute Gasteiger partial charge is 0.485 e. The zero-order valence-corrected chi connectivity index (χ0v) is 24.8. The van der Waals surface area contributed by atoms with Gasteiger partial charge < -0.3 is 25.4 Å². The fourth-order valence-corrected chi connectivity index (χ4v) is 5.55. The maximum Gasteiger partial charge on any atom is 0.258 e. The van der Waals surface area contributed by atoms with Crippen molar-refractivity contribution in [2.75, 3.05) is 13.2 Å². The lowest BCUT2D eigenvalue weighted by molar-refractivity contribution is -0.145. The third kappa shape index (κ3) is 7.10. The maximum absolute atomic E-state index is 14.4. The van der Waals surface area contributed by atoms with E-state index >= 15 is 0 Å². The molecule has 10 nitrogen and oxygen atoms in total. The number of halogens is 1. The van der Waals surface area contributed by atoms with Gasteiger partial charge >= 0.3 is 0 Å². The molecule has 4 rings (SSSR count). The van der Waals surface area contributed by atoms with Gasteiger partial charge in [0.1, 0.15) is 24.4 Å². The van der Waals surface area contributed by atoms with Crippen LogP contribution in [-0.4, -0.2) is 75.5 Å². The standard InChI is InChI=1S/C29H37FN4O6S/c1-16(35)14-40-22-10-18(23-17(2)32-15-41-23)6-7-19(22)12-31-25(37)21-11-20(36)13-34(21)26(38)24(28(3,4)5)33-27(39)29(30)8-9-29/h6-7,10,15,20-21,24,36H,8-9,11-14H2,1-5H3,(H,31,37)(H,33,39)/t20-,21+,24-/m1/s1. The minimum atomic E-state index is -1.96. The Morgan fingerprint density at radius 3 is 2.56 bits per heavy atom. The summed E-state index contributed by atoms with van der Waals surface area (Å²) >= 11 is 1.48. The van der Waals surface area contributed by atoms with Gasteiger partial charge in [0.05, 0.1) is 22.2 Å². The van der Waals surface area contributed by atoms with E-state index in [1.54, 1.807) is 38.4 Å². The zero-order valence-electron chi connectivity index (χ0n) is 24.0. The van der Waals surface area contributed by atoms with Crippen LogP contribution in [0.1, 0.15) is 58.2 Å². The third-order valence-corrected chi connectivity index (χ3v) is 8.29. The Kier molecular flexibility index (Phi) is 8.84. The SMILES string of the molecule is CC(=O)COc1cc(-c2scnc2C)ccc1CNC(=O)[C@@H]1C[C@@H](O)CN1C(=O)[C@@H](NC(=O)C1(F)CC1)C(C)(C)C. The van der Waals surface area contributed by atoms with Crippen molar-refractivity contribution in [2.45, 2.75) is 84.3 Å². The molecule has 2 heterocycles. The highest BCUT2D eigenvalue weighted by molar-refractivity contribution is 7.13. The molecule has 2 aromatic rings. The summed E-state index contributed by atoms with van der Waals surface area (Å²) in [6, 6.07) is 3.41. The minimum absolute atomic E-state index is 0.0206. The molecule has 0 bridgehead atoms. The lowest BCUT2D eigenvalue weighted by atomic mass is 9.85. The van der Waals surface area contributed by atoms with Crippen molar-refractivity contribution < 1.29 is 33.4 Å². The van der Waals surface area contributed by atoms with Gasteiger partial charge in [-0.1, -0.05) is 32.9 Å². The van der Waals surface area contributed by atoms with E-state index in [1.165, 1.54) is 23.2 Å².